The Morgan fingerprint density at radius 2 is 2.40 bits per heavy atom. The van der Waals surface area contributed by atoms with Crippen LogP contribution in [0.2, 0.25) is 0 Å². The summed E-state index contributed by atoms with van der Waals surface area (Å²) < 4.78 is 10.8. The summed E-state index contributed by atoms with van der Waals surface area (Å²) in [4.78, 5) is 11.5. The summed E-state index contributed by atoms with van der Waals surface area (Å²) in [6, 6.07) is 5.38. The second-order valence-corrected chi connectivity index (χ2v) is 4.57. The predicted molar refractivity (Wildman–Crippen MR) is 78.3 cm³/mol. The van der Waals surface area contributed by atoms with Crippen LogP contribution in [0.25, 0.3) is 0 Å². The van der Waals surface area contributed by atoms with Gasteiger partial charge in [-0.25, -0.2) is 4.79 Å². The van der Waals surface area contributed by atoms with Gasteiger partial charge in [-0.3, -0.25) is 0 Å². The van der Waals surface area contributed by atoms with Crippen molar-refractivity contribution in [3.05, 3.63) is 36.4 Å². The molecule has 1 aliphatic heterocycles. The number of amides is 2. The van der Waals surface area contributed by atoms with Crippen molar-refractivity contribution in [3.63, 3.8) is 0 Å². The van der Waals surface area contributed by atoms with E-state index in [0.717, 1.165) is 23.6 Å². The number of urea groups is 1. The smallest absolute Gasteiger partial charge is 0.319 e. The molecular formula is C15H20N2O3. The summed E-state index contributed by atoms with van der Waals surface area (Å²) >= 11 is 0. The van der Waals surface area contributed by atoms with E-state index < -0.39 is 0 Å². The van der Waals surface area contributed by atoms with E-state index in [-0.39, 0.29) is 12.1 Å². The lowest BCUT2D eigenvalue weighted by molar-refractivity contribution is 0.252. The fourth-order valence-corrected chi connectivity index (χ4v) is 1.80. The largest absolute Gasteiger partial charge is 0.490 e. The van der Waals surface area contributed by atoms with Gasteiger partial charge in [-0.15, -0.1) is 6.58 Å². The minimum Gasteiger partial charge on any atom is -0.490 e. The first-order chi connectivity index (χ1) is 9.72. The van der Waals surface area contributed by atoms with E-state index in [1.165, 1.54) is 0 Å². The molecule has 1 saturated heterocycles. The molecule has 1 heterocycles. The Morgan fingerprint density at radius 1 is 1.60 bits per heavy atom. The summed E-state index contributed by atoms with van der Waals surface area (Å²) in [6.45, 7) is 7.54. The summed E-state index contributed by atoms with van der Waals surface area (Å²) in [5.41, 5.74) is 1.73. The van der Waals surface area contributed by atoms with Crippen molar-refractivity contribution in [2.45, 2.75) is 19.4 Å². The van der Waals surface area contributed by atoms with Crippen molar-refractivity contribution >= 4 is 11.7 Å². The molecule has 108 valence electrons. The first-order valence-corrected chi connectivity index (χ1v) is 6.76. The van der Waals surface area contributed by atoms with E-state index in [1.807, 2.05) is 31.2 Å². The van der Waals surface area contributed by atoms with Crippen LogP contribution in [-0.2, 0) is 11.2 Å². The number of nitrogens with one attached hydrogen (secondary N) is 2. The molecule has 0 aromatic heterocycles. The van der Waals surface area contributed by atoms with Gasteiger partial charge in [-0.1, -0.05) is 6.08 Å². The Balaban J connectivity index is 2.04. The third kappa shape index (κ3) is 4.28. The highest BCUT2D eigenvalue weighted by molar-refractivity contribution is 5.89. The molecule has 0 spiro atoms. The maximum atomic E-state index is 11.5. The zero-order valence-corrected chi connectivity index (χ0v) is 11.6. The summed E-state index contributed by atoms with van der Waals surface area (Å²) in [5, 5.41) is 5.47. The van der Waals surface area contributed by atoms with Gasteiger partial charge in [0.1, 0.15) is 18.5 Å². The van der Waals surface area contributed by atoms with Crippen LogP contribution in [0.1, 0.15) is 12.5 Å². The first kappa shape index (κ1) is 14.4. The van der Waals surface area contributed by atoms with E-state index in [9.17, 15) is 4.79 Å². The van der Waals surface area contributed by atoms with Crippen LogP contribution in [-0.4, -0.2) is 31.9 Å². The molecule has 1 unspecified atom stereocenters. The van der Waals surface area contributed by atoms with Gasteiger partial charge in [0.25, 0.3) is 0 Å². The SMILES string of the molecule is C=CCc1cc(NC(=O)NCC)ccc1OCC1CO1. The third-order valence-electron chi connectivity index (χ3n) is 2.85. The maximum Gasteiger partial charge on any atom is 0.319 e. The molecule has 1 aliphatic rings. The quantitative estimate of drug-likeness (QED) is 0.593. The molecule has 1 atom stereocenters. The van der Waals surface area contributed by atoms with Crippen molar-refractivity contribution in [2.75, 3.05) is 25.1 Å². The van der Waals surface area contributed by atoms with Gasteiger partial charge in [0.05, 0.1) is 6.61 Å². The molecule has 0 radical (unpaired) electrons. The Kier molecular flexibility index (Phi) is 5.01. The van der Waals surface area contributed by atoms with Crippen LogP contribution in [0.3, 0.4) is 0 Å². The second-order valence-electron chi connectivity index (χ2n) is 4.57. The van der Waals surface area contributed by atoms with E-state index in [4.69, 9.17) is 9.47 Å². The molecule has 20 heavy (non-hydrogen) atoms. The lowest BCUT2D eigenvalue weighted by atomic mass is 10.1. The minimum absolute atomic E-state index is 0.211. The van der Waals surface area contributed by atoms with Gasteiger partial charge in [-0.2, -0.15) is 0 Å². The summed E-state index contributed by atoms with van der Waals surface area (Å²) in [5.74, 6) is 0.807. The number of carbonyl (C=O) groups excluding carboxylic acids is 1. The van der Waals surface area contributed by atoms with Gasteiger partial charge in [-0.05, 0) is 37.1 Å². The van der Waals surface area contributed by atoms with Crippen LogP contribution >= 0.6 is 0 Å². The van der Waals surface area contributed by atoms with E-state index in [2.05, 4.69) is 17.2 Å². The van der Waals surface area contributed by atoms with Crippen LogP contribution in [0.4, 0.5) is 10.5 Å². The van der Waals surface area contributed by atoms with Crippen LogP contribution in [0.15, 0.2) is 30.9 Å². The van der Waals surface area contributed by atoms with Crippen molar-refractivity contribution < 1.29 is 14.3 Å². The third-order valence-corrected chi connectivity index (χ3v) is 2.85. The van der Waals surface area contributed by atoms with E-state index >= 15 is 0 Å². The molecule has 5 nitrogen and oxygen atoms in total. The molecular weight excluding hydrogens is 256 g/mol. The molecule has 0 saturated carbocycles. The average Bonchev–Trinajstić information content (AvgIpc) is 3.22. The first-order valence-electron chi connectivity index (χ1n) is 6.76. The Bertz CT molecular complexity index is 484. The van der Waals surface area contributed by atoms with E-state index in [1.54, 1.807) is 0 Å². The molecule has 0 aliphatic carbocycles. The van der Waals surface area contributed by atoms with Crippen molar-refractivity contribution in [1.29, 1.82) is 0 Å². The van der Waals surface area contributed by atoms with Gasteiger partial charge < -0.3 is 20.1 Å². The molecule has 2 amide bonds. The fraction of sp³-hybridized carbons (Fsp3) is 0.400. The Hall–Kier alpha value is -2.01. The van der Waals surface area contributed by atoms with Gasteiger partial charge in [0.15, 0.2) is 0 Å². The molecule has 1 aromatic rings. The summed E-state index contributed by atoms with van der Waals surface area (Å²) in [7, 11) is 0. The van der Waals surface area contributed by atoms with Crippen molar-refractivity contribution in [1.82, 2.24) is 5.32 Å². The van der Waals surface area contributed by atoms with Crippen LogP contribution in [0.5, 0.6) is 5.75 Å². The van der Waals surface area contributed by atoms with E-state index in [0.29, 0.717) is 19.6 Å². The van der Waals surface area contributed by atoms with Crippen molar-refractivity contribution in [2.24, 2.45) is 0 Å². The number of allylic oxidation sites excluding steroid dienone is 1. The molecule has 1 fully saturated rings. The standard InChI is InChI=1S/C15H20N2O3/c1-3-5-11-8-12(17-15(18)16-4-2)6-7-14(11)20-10-13-9-19-13/h3,6-8,13H,1,4-5,9-10H2,2H3,(H2,16,17,18). The number of hydrogen-bond acceptors (Lipinski definition) is 3. The molecule has 5 heteroatoms. The number of carbonyl (C=O) groups is 1. The van der Waals surface area contributed by atoms with Gasteiger partial charge in [0.2, 0.25) is 0 Å². The van der Waals surface area contributed by atoms with Crippen LogP contribution < -0.4 is 15.4 Å². The minimum atomic E-state index is -0.211. The number of rotatable bonds is 7. The number of epoxide rings is 1. The number of ether oxygens (including phenoxy) is 2. The number of hydrogen-bond donors (Lipinski definition) is 2. The average molecular weight is 276 g/mol. The van der Waals surface area contributed by atoms with Crippen molar-refractivity contribution in [3.8, 4) is 5.75 Å². The molecule has 0 bridgehead atoms. The summed E-state index contributed by atoms with van der Waals surface area (Å²) in [6.07, 6.45) is 2.72. The topological polar surface area (TPSA) is 62.9 Å². The van der Waals surface area contributed by atoms with Crippen LogP contribution in [0, 0.1) is 0 Å². The predicted octanol–water partition coefficient (Wildman–Crippen LogP) is 2.33. The Morgan fingerprint density at radius 3 is 3.05 bits per heavy atom. The normalized spacial score (nSPS) is 16.4. The number of benzene rings is 1. The lowest BCUT2D eigenvalue weighted by Gasteiger charge is -2.12. The molecule has 2 rings (SSSR count). The second kappa shape index (κ2) is 6.96. The highest BCUT2D eigenvalue weighted by Gasteiger charge is 2.23. The fourth-order valence-electron chi connectivity index (χ4n) is 1.80. The zero-order chi connectivity index (χ0) is 14.4. The lowest BCUT2D eigenvalue weighted by Crippen LogP contribution is -2.28. The zero-order valence-electron chi connectivity index (χ0n) is 11.6. The molecule has 1 aromatic carbocycles. The molecule has 2 N–H and O–H groups in total. The highest BCUT2D eigenvalue weighted by Crippen LogP contribution is 2.25. The number of anilines is 1. The van der Waals surface area contributed by atoms with Gasteiger partial charge in [0, 0.05) is 12.2 Å². The van der Waals surface area contributed by atoms with Gasteiger partial charge >= 0.3 is 6.03 Å². The monoisotopic (exact) mass is 276 g/mol. The Labute approximate surface area is 119 Å². The maximum absolute atomic E-state index is 11.5. The highest BCUT2D eigenvalue weighted by atomic mass is 16.6.